The Balaban J connectivity index is 1.81. The lowest BCUT2D eigenvalue weighted by Gasteiger charge is -2.32. The first-order valence-electron chi connectivity index (χ1n) is 13.5. The van der Waals surface area contributed by atoms with Gasteiger partial charge in [-0.05, 0) is 48.5 Å². The number of hydrogen-bond acceptors (Lipinski definition) is 9. The van der Waals surface area contributed by atoms with Crippen LogP contribution in [0.2, 0.25) is 10.0 Å². The molecule has 0 saturated heterocycles. The minimum absolute atomic E-state index is 0.00503. The van der Waals surface area contributed by atoms with Gasteiger partial charge >= 0.3 is 0 Å². The van der Waals surface area contributed by atoms with E-state index in [1.807, 2.05) is 0 Å². The summed E-state index contributed by atoms with van der Waals surface area (Å²) < 4.78 is 38.6. The normalized spacial score (nSPS) is 18.3. The summed E-state index contributed by atoms with van der Waals surface area (Å²) in [5.74, 6) is -0.652. The summed E-state index contributed by atoms with van der Waals surface area (Å²) >= 11 is 12.7. The first-order valence-corrected chi connectivity index (χ1v) is 15.9. The van der Waals surface area contributed by atoms with Crippen molar-refractivity contribution >= 4 is 44.8 Å². The largest absolute Gasteiger partial charge is 0.494 e. The number of carbonyl (C=O) groups excluding carboxylic acids is 1. The number of nitrogens with zero attached hydrogens (tertiary/aromatic N) is 1. The maximum atomic E-state index is 14.1. The molecule has 1 aliphatic rings. The predicted molar refractivity (Wildman–Crippen MR) is 162 cm³/mol. The van der Waals surface area contributed by atoms with E-state index in [9.17, 15) is 23.4 Å². The second-order valence-corrected chi connectivity index (χ2v) is 12.8. The van der Waals surface area contributed by atoms with Gasteiger partial charge in [-0.3, -0.25) is 4.79 Å². The number of aliphatic hydroxyl groups excluding tert-OH is 3. The molecule has 3 aromatic carbocycles. The van der Waals surface area contributed by atoms with Crippen molar-refractivity contribution in [1.82, 2.24) is 5.32 Å². The summed E-state index contributed by atoms with van der Waals surface area (Å²) in [7, 11) is -3.87. The third kappa shape index (κ3) is 7.67. The first kappa shape index (κ1) is 32.7. The van der Waals surface area contributed by atoms with Crippen molar-refractivity contribution in [2.24, 2.45) is 4.99 Å². The van der Waals surface area contributed by atoms with Gasteiger partial charge in [0.15, 0.2) is 21.5 Å². The summed E-state index contributed by atoms with van der Waals surface area (Å²) in [6, 6.07) is 18.1. The highest BCUT2D eigenvalue weighted by Gasteiger charge is 2.54. The number of aliphatic hydroxyl groups is 3. The van der Waals surface area contributed by atoms with Crippen molar-refractivity contribution in [2.75, 3.05) is 32.2 Å². The SMILES string of the molecule is O=C(NC(CO)CO)[C@]1(CCS(=O)(=O)c2ccccc2)N=C(c2ccc(OCCCO)cc2)O[C@@H]1c1ccc(Cl)cc1Cl. The Labute approximate surface area is 259 Å². The molecule has 1 heterocycles. The van der Waals surface area contributed by atoms with E-state index in [1.165, 1.54) is 18.2 Å². The van der Waals surface area contributed by atoms with Crippen molar-refractivity contribution in [3.8, 4) is 5.75 Å². The van der Waals surface area contributed by atoms with E-state index in [-0.39, 0.29) is 28.8 Å². The summed E-state index contributed by atoms with van der Waals surface area (Å²) in [4.78, 5) is 18.9. The second-order valence-electron chi connectivity index (χ2n) is 9.87. The number of carbonyl (C=O) groups is 1. The van der Waals surface area contributed by atoms with Crippen LogP contribution in [0.1, 0.15) is 30.1 Å². The number of aliphatic imine (C=N–C) groups is 1. The van der Waals surface area contributed by atoms with Crippen LogP contribution in [0.5, 0.6) is 5.75 Å². The quantitative estimate of drug-likeness (QED) is 0.194. The molecule has 0 bridgehead atoms. The summed E-state index contributed by atoms with van der Waals surface area (Å²) in [5.41, 5.74) is -1.07. The van der Waals surface area contributed by atoms with Gasteiger partial charge in [-0.2, -0.15) is 0 Å². The Morgan fingerprint density at radius 3 is 2.35 bits per heavy atom. The van der Waals surface area contributed by atoms with Crippen molar-refractivity contribution in [2.45, 2.75) is 35.4 Å². The Kier molecular flexibility index (Phi) is 11.0. The zero-order valence-corrected chi connectivity index (χ0v) is 25.4. The van der Waals surface area contributed by atoms with E-state index in [1.54, 1.807) is 54.6 Å². The molecule has 3 aromatic rings. The van der Waals surface area contributed by atoms with Crippen LogP contribution < -0.4 is 10.1 Å². The molecular weight excluding hydrogens is 619 g/mol. The molecular formula is C30H32Cl2N2O8S. The van der Waals surface area contributed by atoms with Gasteiger partial charge in [0.2, 0.25) is 5.90 Å². The molecule has 13 heteroatoms. The molecule has 43 heavy (non-hydrogen) atoms. The smallest absolute Gasteiger partial charge is 0.252 e. The Hall–Kier alpha value is -3.19. The fourth-order valence-corrected chi connectivity index (χ4v) is 6.45. The molecule has 0 fully saturated rings. The van der Waals surface area contributed by atoms with E-state index in [2.05, 4.69) is 5.32 Å². The van der Waals surface area contributed by atoms with Gasteiger partial charge < -0.3 is 30.1 Å². The number of sulfone groups is 1. The maximum Gasteiger partial charge on any atom is 0.252 e. The zero-order valence-electron chi connectivity index (χ0n) is 23.0. The Bertz CT molecular complexity index is 1530. The highest BCUT2D eigenvalue weighted by atomic mass is 35.5. The predicted octanol–water partition coefficient (Wildman–Crippen LogP) is 3.34. The Morgan fingerprint density at radius 1 is 1.02 bits per heavy atom. The molecule has 4 N–H and O–H groups in total. The molecule has 0 aromatic heterocycles. The average Bonchev–Trinajstić information content (AvgIpc) is 3.40. The average molecular weight is 652 g/mol. The number of benzene rings is 3. The second kappa shape index (κ2) is 14.5. The van der Waals surface area contributed by atoms with Crippen LogP contribution in [-0.2, 0) is 19.4 Å². The number of nitrogens with one attached hydrogen (secondary N) is 1. The van der Waals surface area contributed by atoms with Gasteiger partial charge in [0.05, 0.1) is 36.5 Å². The molecule has 10 nitrogen and oxygen atoms in total. The molecule has 1 amide bonds. The molecule has 0 spiro atoms. The van der Waals surface area contributed by atoms with E-state index in [0.29, 0.717) is 34.9 Å². The van der Waals surface area contributed by atoms with Gasteiger partial charge in [0.1, 0.15) is 5.75 Å². The lowest BCUT2D eigenvalue weighted by atomic mass is 9.84. The fraction of sp³-hybridized carbons (Fsp3) is 0.333. The van der Waals surface area contributed by atoms with Crippen molar-refractivity contribution in [3.63, 3.8) is 0 Å². The van der Waals surface area contributed by atoms with Crippen LogP contribution >= 0.6 is 23.2 Å². The molecule has 0 aliphatic carbocycles. The summed E-state index contributed by atoms with van der Waals surface area (Å²) in [6.45, 7) is -0.820. The molecule has 0 unspecified atom stereocenters. The Morgan fingerprint density at radius 2 is 1.72 bits per heavy atom. The minimum Gasteiger partial charge on any atom is -0.494 e. The van der Waals surface area contributed by atoms with Gasteiger partial charge in [-0.15, -0.1) is 0 Å². The fourth-order valence-electron chi connectivity index (χ4n) is 4.56. The maximum absolute atomic E-state index is 14.1. The van der Waals surface area contributed by atoms with Crippen LogP contribution in [0.4, 0.5) is 0 Å². The monoisotopic (exact) mass is 650 g/mol. The number of hydrogen-bond donors (Lipinski definition) is 4. The van der Waals surface area contributed by atoms with Crippen LogP contribution in [-0.4, -0.2) is 79.3 Å². The van der Waals surface area contributed by atoms with Gasteiger partial charge in [-0.25, -0.2) is 13.4 Å². The van der Waals surface area contributed by atoms with Gasteiger partial charge in [0, 0.05) is 40.6 Å². The highest BCUT2D eigenvalue weighted by molar-refractivity contribution is 7.91. The van der Waals surface area contributed by atoms with Crippen LogP contribution in [0.25, 0.3) is 0 Å². The molecule has 230 valence electrons. The van der Waals surface area contributed by atoms with Crippen molar-refractivity contribution in [1.29, 1.82) is 0 Å². The number of amides is 1. The highest BCUT2D eigenvalue weighted by Crippen LogP contribution is 2.45. The van der Waals surface area contributed by atoms with Crippen molar-refractivity contribution < 1.29 is 38.0 Å². The van der Waals surface area contributed by atoms with E-state index in [4.69, 9.17) is 42.8 Å². The third-order valence-corrected chi connectivity index (χ3v) is 9.20. The standard InChI is InChI=1S/C30H32Cl2N2O8S/c31-21-9-12-25(26(32)17-21)27-30(29(38)33-22(18-36)19-37,13-16-43(39,40)24-5-2-1-3-6-24)34-28(42-27)20-7-10-23(11-8-20)41-15-4-14-35/h1-3,5-12,17,22,27,35-37H,4,13-16,18-19H2,(H,33,38)/t27-,30-/m1/s1. The topological polar surface area (TPSA) is 155 Å². The lowest BCUT2D eigenvalue weighted by Crippen LogP contribution is -2.53. The number of ether oxygens (including phenoxy) is 2. The van der Waals surface area contributed by atoms with Crippen molar-refractivity contribution in [3.05, 3.63) is 94.0 Å². The molecule has 1 aliphatic heterocycles. The van der Waals surface area contributed by atoms with Gasteiger partial charge in [0.25, 0.3) is 5.91 Å². The number of halogens is 2. The summed E-state index contributed by atoms with van der Waals surface area (Å²) in [6.07, 6.45) is -1.06. The van der Waals surface area contributed by atoms with E-state index in [0.717, 1.165) is 0 Å². The van der Waals surface area contributed by atoms with Crippen LogP contribution in [0.15, 0.2) is 82.7 Å². The first-order chi connectivity index (χ1) is 20.6. The molecule has 4 rings (SSSR count). The summed E-state index contributed by atoms with van der Waals surface area (Å²) in [5, 5.41) is 31.5. The molecule has 0 radical (unpaired) electrons. The third-order valence-electron chi connectivity index (χ3n) is 6.91. The van der Waals surface area contributed by atoms with Gasteiger partial charge in [-0.1, -0.05) is 47.5 Å². The molecule has 0 saturated carbocycles. The van der Waals surface area contributed by atoms with Crippen LogP contribution in [0, 0.1) is 0 Å². The molecule has 2 atom stereocenters. The van der Waals surface area contributed by atoms with E-state index < -0.39 is 52.4 Å². The minimum atomic E-state index is -3.87. The van der Waals surface area contributed by atoms with E-state index >= 15 is 0 Å². The van der Waals surface area contributed by atoms with Crippen LogP contribution in [0.3, 0.4) is 0 Å². The number of rotatable bonds is 14. The zero-order chi connectivity index (χ0) is 31.0. The lowest BCUT2D eigenvalue weighted by molar-refractivity contribution is -0.130.